The Morgan fingerprint density at radius 3 is 2.41 bits per heavy atom. The molecule has 0 radical (unpaired) electrons. The van der Waals surface area contributed by atoms with Crippen LogP contribution in [-0.2, 0) is 6.42 Å². The highest BCUT2D eigenvalue weighted by molar-refractivity contribution is 5.76. The Morgan fingerprint density at radius 1 is 0.926 bits per heavy atom. The van der Waals surface area contributed by atoms with Crippen molar-refractivity contribution in [3.8, 4) is 16.9 Å². The molecular formula is C25H27NO. The number of hydrogen-bond acceptors (Lipinski definition) is 2. The van der Waals surface area contributed by atoms with E-state index in [1.165, 1.54) is 27.8 Å². The summed E-state index contributed by atoms with van der Waals surface area (Å²) in [6, 6.07) is 21.3. The van der Waals surface area contributed by atoms with E-state index in [2.05, 4.69) is 80.4 Å². The van der Waals surface area contributed by atoms with E-state index in [1.54, 1.807) is 0 Å². The van der Waals surface area contributed by atoms with Gasteiger partial charge < -0.3 is 10.0 Å². The summed E-state index contributed by atoms with van der Waals surface area (Å²) in [7, 11) is 2.20. The van der Waals surface area contributed by atoms with Crippen molar-refractivity contribution >= 4 is 0 Å². The normalized spacial score (nSPS) is 17.4. The van der Waals surface area contributed by atoms with Gasteiger partial charge in [-0.1, -0.05) is 65.7 Å². The smallest absolute Gasteiger partial charge is 0.123 e. The minimum absolute atomic E-state index is 0.316. The molecule has 3 aromatic rings. The van der Waals surface area contributed by atoms with Crippen LogP contribution in [-0.4, -0.2) is 30.1 Å². The highest BCUT2D eigenvalue weighted by Crippen LogP contribution is 2.41. The van der Waals surface area contributed by atoms with Gasteiger partial charge >= 0.3 is 0 Å². The van der Waals surface area contributed by atoms with Gasteiger partial charge in [0.1, 0.15) is 5.75 Å². The molecule has 1 N–H and O–H groups in total. The summed E-state index contributed by atoms with van der Waals surface area (Å²) < 4.78 is 0. The number of phenols is 1. The summed E-state index contributed by atoms with van der Waals surface area (Å²) >= 11 is 0. The molecule has 0 aromatic heterocycles. The Bertz CT molecular complexity index is 976. The second-order valence-corrected chi connectivity index (χ2v) is 7.88. The van der Waals surface area contributed by atoms with Crippen LogP contribution in [0.5, 0.6) is 5.75 Å². The maximum absolute atomic E-state index is 10.8. The fourth-order valence-electron chi connectivity index (χ4n) is 4.35. The lowest BCUT2D eigenvalue weighted by atomic mass is 9.83. The van der Waals surface area contributed by atoms with E-state index >= 15 is 0 Å². The van der Waals surface area contributed by atoms with Gasteiger partial charge in [-0.25, -0.2) is 0 Å². The van der Waals surface area contributed by atoms with E-state index in [0.29, 0.717) is 11.7 Å². The van der Waals surface area contributed by atoms with Crippen LogP contribution >= 0.6 is 0 Å². The zero-order valence-corrected chi connectivity index (χ0v) is 16.4. The number of aryl methyl sites for hydroxylation is 2. The Hall–Kier alpha value is -2.58. The average molecular weight is 357 g/mol. The van der Waals surface area contributed by atoms with Crippen molar-refractivity contribution < 1.29 is 5.11 Å². The Balaban J connectivity index is 1.92. The van der Waals surface area contributed by atoms with Crippen LogP contribution in [0.2, 0.25) is 0 Å². The minimum atomic E-state index is 0.316. The fourth-order valence-corrected chi connectivity index (χ4v) is 4.35. The molecule has 4 rings (SSSR count). The van der Waals surface area contributed by atoms with Crippen molar-refractivity contribution in [2.24, 2.45) is 0 Å². The minimum Gasteiger partial charge on any atom is -0.507 e. The van der Waals surface area contributed by atoms with Gasteiger partial charge in [-0.3, -0.25) is 0 Å². The van der Waals surface area contributed by atoms with E-state index in [4.69, 9.17) is 0 Å². The highest BCUT2D eigenvalue weighted by Gasteiger charge is 2.26. The molecule has 1 heterocycles. The predicted molar refractivity (Wildman–Crippen MR) is 113 cm³/mol. The summed E-state index contributed by atoms with van der Waals surface area (Å²) in [6.07, 6.45) is 0.950. The highest BCUT2D eigenvalue weighted by atomic mass is 16.3. The van der Waals surface area contributed by atoms with E-state index in [0.717, 1.165) is 30.6 Å². The van der Waals surface area contributed by atoms with E-state index < -0.39 is 0 Å². The van der Waals surface area contributed by atoms with Crippen molar-refractivity contribution in [2.45, 2.75) is 26.2 Å². The van der Waals surface area contributed by atoms with Crippen molar-refractivity contribution in [2.75, 3.05) is 20.1 Å². The number of likely N-dealkylation sites (N-methyl/N-ethyl adjacent to an activating group) is 1. The third-order valence-electron chi connectivity index (χ3n) is 5.69. The standard InChI is InChI=1S/C25H27NO/c1-17-6-4-8-19(14-17)23-16-26(3)13-12-22-21(23)10-11-24(27)25(22)20-9-5-7-18(2)15-20/h4-11,14-15,23,27H,12-13,16H2,1-3H3. The molecule has 1 unspecified atom stereocenters. The summed E-state index contributed by atoms with van der Waals surface area (Å²) in [4.78, 5) is 2.41. The Kier molecular flexibility index (Phi) is 4.75. The molecule has 3 aromatic carbocycles. The van der Waals surface area contributed by atoms with Gasteiger partial charge in [0.05, 0.1) is 0 Å². The van der Waals surface area contributed by atoms with E-state index in [9.17, 15) is 5.11 Å². The van der Waals surface area contributed by atoms with E-state index in [1.807, 2.05) is 6.07 Å². The third-order valence-corrected chi connectivity index (χ3v) is 5.69. The van der Waals surface area contributed by atoms with Crippen molar-refractivity contribution in [3.05, 3.63) is 88.5 Å². The summed E-state index contributed by atoms with van der Waals surface area (Å²) in [5.74, 6) is 0.698. The van der Waals surface area contributed by atoms with Crippen molar-refractivity contribution in [1.29, 1.82) is 0 Å². The second kappa shape index (κ2) is 7.21. The fraction of sp³-hybridized carbons (Fsp3) is 0.280. The number of benzene rings is 3. The predicted octanol–water partition coefficient (Wildman–Crippen LogP) is 5.30. The van der Waals surface area contributed by atoms with Crippen molar-refractivity contribution in [1.82, 2.24) is 4.90 Å². The second-order valence-electron chi connectivity index (χ2n) is 7.88. The van der Waals surface area contributed by atoms with Crippen LogP contribution in [0, 0.1) is 13.8 Å². The van der Waals surface area contributed by atoms with Crippen LogP contribution < -0.4 is 0 Å². The van der Waals surface area contributed by atoms with Gasteiger partial charge in [0.2, 0.25) is 0 Å². The summed E-state index contributed by atoms with van der Waals surface area (Å²) in [5, 5.41) is 10.8. The maximum atomic E-state index is 10.8. The van der Waals surface area contributed by atoms with E-state index in [-0.39, 0.29) is 0 Å². The summed E-state index contributed by atoms with van der Waals surface area (Å²) in [6.45, 7) is 6.25. The van der Waals surface area contributed by atoms with Gasteiger partial charge in [0, 0.05) is 24.6 Å². The molecule has 1 atom stereocenters. The number of hydrogen-bond donors (Lipinski definition) is 1. The Labute approximate surface area is 162 Å². The third kappa shape index (κ3) is 3.50. The van der Waals surface area contributed by atoms with Crippen LogP contribution in [0.25, 0.3) is 11.1 Å². The first-order valence-electron chi connectivity index (χ1n) is 9.70. The number of phenolic OH excluding ortho intramolecular Hbond substituents is 1. The molecule has 0 fully saturated rings. The van der Waals surface area contributed by atoms with Gasteiger partial charge in [0.15, 0.2) is 0 Å². The molecule has 0 aliphatic carbocycles. The Morgan fingerprint density at radius 2 is 1.67 bits per heavy atom. The molecule has 27 heavy (non-hydrogen) atoms. The quantitative estimate of drug-likeness (QED) is 0.673. The first kappa shape index (κ1) is 17.8. The number of aromatic hydroxyl groups is 1. The number of fused-ring (bicyclic) bond motifs is 1. The molecule has 0 saturated carbocycles. The molecule has 1 aliphatic heterocycles. The maximum Gasteiger partial charge on any atom is 0.123 e. The zero-order chi connectivity index (χ0) is 19.0. The molecule has 0 spiro atoms. The lowest BCUT2D eigenvalue weighted by Gasteiger charge is -2.23. The van der Waals surface area contributed by atoms with Gasteiger partial charge in [-0.05, 0) is 55.6 Å². The number of rotatable bonds is 2. The van der Waals surface area contributed by atoms with Crippen LogP contribution in [0.3, 0.4) is 0 Å². The average Bonchev–Trinajstić information content (AvgIpc) is 2.81. The monoisotopic (exact) mass is 357 g/mol. The van der Waals surface area contributed by atoms with Gasteiger partial charge in [-0.2, -0.15) is 0 Å². The van der Waals surface area contributed by atoms with Crippen LogP contribution in [0.15, 0.2) is 60.7 Å². The largest absolute Gasteiger partial charge is 0.507 e. The molecule has 0 amide bonds. The van der Waals surface area contributed by atoms with Crippen LogP contribution in [0.4, 0.5) is 0 Å². The van der Waals surface area contributed by atoms with Gasteiger partial charge in [-0.15, -0.1) is 0 Å². The molecule has 2 heteroatoms. The molecular weight excluding hydrogens is 330 g/mol. The van der Waals surface area contributed by atoms with Crippen LogP contribution in [0.1, 0.15) is 33.7 Å². The first-order valence-corrected chi connectivity index (χ1v) is 9.70. The molecule has 1 aliphatic rings. The van der Waals surface area contributed by atoms with Gasteiger partial charge in [0.25, 0.3) is 0 Å². The molecule has 138 valence electrons. The zero-order valence-electron chi connectivity index (χ0n) is 16.4. The number of nitrogens with zero attached hydrogens (tertiary/aromatic N) is 1. The first-order chi connectivity index (χ1) is 13.0. The molecule has 0 saturated heterocycles. The SMILES string of the molecule is Cc1cccc(-c2c(O)ccc3c2CCN(C)CC3c2cccc(C)c2)c1. The molecule has 0 bridgehead atoms. The molecule has 2 nitrogen and oxygen atoms in total. The lowest BCUT2D eigenvalue weighted by molar-refractivity contribution is 0.338. The van der Waals surface area contributed by atoms with Crippen molar-refractivity contribution in [3.63, 3.8) is 0 Å². The lowest BCUT2D eigenvalue weighted by Crippen LogP contribution is -2.24. The topological polar surface area (TPSA) is 23.5 Å². The summed E-state index contributed by atoms with van der Waals surface area (Å²) in [5.41, 5.74) is 8.60.